The molecular weight excluding hydrogens is 129 g/mol. The van der Waals surface area contributed by atoms with Crippen molar-refractivity contribution in [3.8, 4) is 6.07 Å². The SMILES string of the molecule is C=C1CC(C#N)CCC1F. The summed E-state index contributed by atoms with van der Waals surface area (Å²) in [5, 5.41) is 8.48. The molecule has 0 aromatic rings. The maximum Gasteiger partial charge on any atom is 0.121 e. The number of nitriles is 1. The van der Waals surface area contributed by atoms with Crippen LogP contribution in [-0.2, 0) is 0 Å². The normalized spacial score (nSPS) is 33.4. The van der Waals surface area contributed by atoms with Crippen molar-refractivity contribution in [2.24, 2.45) is 5.92 Å². The van der Waals surface area contributed by atoms with Gasteiger partial charge in [0.1, 0.15) is 6.17 Å². The molecule has 0 aromatic heterocycles. The predicted octanol–water partition coefficient (Wildman–Crippen LogP) is 2.20. The number of hydrogen-bond donors (Lipinski definition) is 0. The van der Waals surface area contributed by atoms with Gasteiger partial charge in [-0.15, -0.1) is 0 Å². The number of allylic oxidation sites excluding steroid dienone is 1. The Morgan fingerprint density at radius 1 is 1.60 bits per heavy atom. The Morgan fingerprint density at radius 2 is 2.30 bits per heavy atom. The van der Waals surface area contributed by atoms with Crippen molar-refractivity contribution < 1.29 is 4.39 Å². The zero-order chi connectivity index (χ0) is 7.56. The van der Waals surface area contributed by atoms with E-state index in [0.29, 0.717) is 24.8 Å². The van der Waals surface area contributed by atoms with Crippen LogP contribution in [0, 0.1) is 17.2 Å². The molecule has 54 valence electrons. The number of hydrogen-bond acceptors (Lipinski definition) is 1. The van der Waals surface area contributed by atoms with E-state index in [1.165, 1.54) is 0 Å². The lowest BCUT2D eigenvalue weighted by Crippen LogP contribution is -2.16. The van der Waals surface area contributed by atoms with Gasteiger partial charge in [-0.1, -0.05) is 6.58 Å². The largest absolute Gasteiger partial charge is 0.243 e. The minimum absolute atomic E-state index is 0.0134. The molecule has 0 heterocycles. The summed E-state index contributed by atoms with van der Waals surface area (Å²) in [7, 11) is 0. The van der Waals surface area contributed by atoms with Crippen molar-refractivity contribution >= 4 is 0 Å². The Balaban J connectivity index is 2.50. The number of halogens is 1. The maximum atomic E-state index is 12.7. The molecule has 1 aliphatic rings. The van der Waals surface area contributed by atoms with Crippen LogP contribution in [0.3, 0.4) is 0 Å². The van der Waals surface area contributed by atoms with Gasteiger partial charge in [-0.25, -0.2) is 4.39 Å². The van der Waals surface area contributed by atoms with Crippen LogP contribution in [0.4, 0.5) is 4.39 Å². The molecule has 0 radical (unpaired) electrons. The summed E-state index contributed by atoms with van der Waals surface area (Å²) in [6, 6.07) is 2.13. The molecule has 1 aliphatic carbocycles. The van der Waals surface area contributed by atoms with Gasteiger partial charge in [0.25, 0.3) is 0 Å². The summed E-state index contributed by atoms with van der Waals surface area (Å²) >= 11 is 0. The predicted molar refractivity (Wildman–Crippen MR) is 37.0 cm³/mol. The highest BCUT2D eigenvalue weighted by molar-refractivity contribution is 5.10. The monoisotopic (exact) mass is 139 g/mol. The van der Waals surface area contributed by atoms with Crippen LogP contribution in [0.25, 0.3) is 0 Å². The fourth-order valence-corrected chi connectivity index (χ4v) is 1.21. The van der Waals surface area contributed by atoms with Crippen LogP contribution in [0.5, 0.6) is 0 Å². The maximum absolute atomic E-state index is 12.7. The number of rotatable bonds is 0. The first kappa shape index (κ1) is 7.27. The average Bonchev–Trinajstić information content (AvgIpc) is 1.95. The summed E-state index contributed by atoms with van der Waals surface area (Å²) in [5.41, 5.74) is 0.595. The van der Waals surface area contributed by atoms with E-state index in [4.69, 9.17) is 5.26 Å². The van der Waals surface area contributed by atoms with Gasteiger partial charge < -0.3 is 0 Å². The van der Waals surface area contributed by atoms with E-state index >= 15 is 0 Å². The third kappa shape index (κ3) is 1.36. The minimum Gasteiger partial charge on any atom is -0.243 e. The Morgan fingerprint density at radius 3 is 2.80 bits per heavy atom. The van der Waals surface area contributed by atoms with E-state index in [9.17, 15) is 4.39 Å². The first-order valence-corrected chi connectivity index (χ1v) is 3.45. The Labute approximate surface area is 60.2 Å². The molecule has 2 unspecified atom stereocenters. The smallest absolute Gasteiger partial charge is 0.121 e. The van der Waals surface area contributed by atoms with E-state index in [1.807, 2.05) is 0 Å². The summed E-state index contributed by atoms with van der Waals surface area (Å²) < 4.78 is 12.7. The topological polar surface area (TPSA) is 23.8 Å². The lowest BCUT2D eigenvalue weighted by molar-refractivity contribution is 0.296. The third-order valence-electron chi connectivity index (χ3n) is 1.90. The van der Waals surface area contributed by atoms with Gasteiger partial charge in [0.15, 0.2) is 0 Å². The average molecular weight is 139 g/mol. The molecule has 0 bridgehead atoms. The fourth-order valence-electron chi connectivity index (χ4n) is 1.21. The molecule has 10 heavy (non-hydrogen) atoms. The van der Waals surface area contributed by atoms with Gasteiger partial charge >= 0.3 is 0 Å². The second-order valence-electron chi connectivity index (χ2n) is 2.73. The van der Waals surface area contributed by atoms with Crippen molar-refractivity contribution in [1.82, 2.24) is 0 Å². The van der Waals surface area contributed by atoms with E-state index in [-0.39, 0.29) is 5.92 Å². The first-order chi connectivity index (χ1) is 4.74. The molecule has 0 spiro atoms. The van der Waals surface area contributed by atoms with Crippen LogP contribution in [0.2, 0.25) is 0 Å². The number of nitrogens with zero attached hydrogens (tertiary/aromatic N) is 1. The van der Waals surface area contributed by atoms with Gasteiger partial charge in [0.2, 0.25) is 0 Å². The van der Waals surface area contributed by atoms with Gasteiger partial charge in [0.05, 0.1) is 12.0 Å². The van der Waals surface area contributed by atoms with Crippen LogP contribution in [-0.4, -0.2) is 6.17 Å². The summed E-state index contributed by atoms with van der Waals surface area (Å²) in [6.45, 7) is 3.57. The van der Waals surface area contributed by atoms with Crippen molar-refractivity contribution in [2.75, 3.05) is 0 Å². The Hall–Kier alpha value is -0.840. The molecule has 0 amide bonds. The molecule has 1 fully saturated rings. The second kappa shape index (κ2) is 2.83. The summed E-state index contributed by atoms with van der Waals surface area (Å²) in [6.07, 6.45) is 0.871. The van der Waals surface area contributed by atoms with Crippen molar-refractivity contribution in [2.45, 2.75) is 25.4 Å². The minimum atomic E-state index is -0.857. The molecule has 2 heteroatoms. The molecular formula is C8H10FN. The Bertz CT molecular complexity index is 180. The third-order valence-corrected chi connectivity index (χ3v) is 1.90. The van der Waals surface area contributed by atoms with Crippen molar-refractivity contribution in [1.29, 1.82) is 5.26 Å². The fraction of sp³-hybridized carbons (Fsp3) is 0.625. The zero-order valence-corrected chi connectivity index (χ0v) is 5.81. The van der Waals surface area contributed by atoms with Gasteiger partial charge in [0, 0.05) is 0 Å². The molecule has 1 rings (SSSR count). The zero-order valence-electron chi connectivity index (χ0n) is 5.81. The molecule has 2 atom stereocenters. The van der Waals surface area contributed by atoms with Gasteiger partial charge in [-0.05, 0) is 24.8 Å². The standard InChI is InChI=1S/C8H10FN/c1-6-4-7(5-10)2-3-8(6)9/h7-8H,1-4H2. The molecule has 0 N–H and O–H groups in total. The molecule has 0 saturated heterocycles. The van der Waals surface area contributed by atoms with Crippen molar-refractivity contribution in [3.63, 3.8) is 0 Å². The van der Waals surface area contributed by atoms with Crippen LogP contribution >= 0.6 is 0 Å². The lowest BCUT2D eigenvalue weighted by atomic mass is 9.86. The van der Waals surface area contributed by atoms with Crippen molar-refractivity contribution in [3.05, 3.63) is 12.2 Å². The van der Waals surface area contributed by atoms with Crippen LogP contribution in [0.1, 0.15) is 19.3 Å². The highest BCUT2D eigenvalue weighted by Crippen LogP contribution is 2.28. The highest BCUT2D eigenvalue weighted by Gasteiger charge is 2.22. The van der Waals surface area contributed by atoms with Gasteiger partial charge in [-0.2, -0.15) is 5.26 Å². The lowest BCUT2D eigenvalue weighted by Gasteiger charge is -2.20. The van der Waals surface area contributed by atoms with E-state index in [1.54, 1.807) is 0 Å². The van der Waals surface area contributed by atoms with E-state index < -0.39 is 6.17 Å². The van der Waals surface area contributed by atoms with Gasteiger partial charge in [-0.3, -0.25) is 0 Å². The highest BCUT2D eigenvalue weighted by atomic mass is 19.1. The van der Waals surface area contributed by atoms with E-state index in [2.05, 4.69) is 12.6 Å². The summed E-state index contributed by atoms with van der Waals surface area (Å²) in [5.74, 6) is 0.0134. The van der Waals surface area contributed by atoms with E-state index in [0.717, 1.165) is 0 Å². The molecule has 0 aromatic carbocycles. The molecule has 1 saturated carbocycles. The number of alkyl halides is 1. The molecule has 1 nitrogen and oxygen atoms in total. The quantitative estimate of drug-likeness (QED) is 0.472. The first-order valence-electron chi connectivity index (χ1n) is 3.45. The summed E-state index contributed by atoms with van der Waals surface area (Å²) in [4.78, 5) is 0. The molecule has 0 aliphatic heterocycles. The Kier molecular flexibility index (Phi) is 2.06. The second-order valence-corrected chi connectivity index (χ2v) is 2.73. The van der Waals surface area contributed by atoms with Crippen LogP contribution < -0.4 is 0 Å². The van der Waals surface area contributed by atoms with Crippen LogP contribution in [0.15, 0.2) is 12.2 Å².